The van der Waals surface area contributed by atoms with Gasteiger partial charge in [0.2, 0.25) is 15.9 Å². The van der Waals surface area contributed by atoms with Crippen molar-refractivity contribution in [2.45, 2.75) is 43.5 Å². The summed E-state index contributed by atoms with van der Waals surface area (Å²) < 4.78 is 27.7. The first-order valence-electron chi connectivity index (χ1n) is 7.49. The van der Waals surface area contributed by atoms with Crippen LogP contribution in [0.1, 0.15) is 31.6 Å². The van der Waals surface area contributed by atoms with Crippen LogP contribution in [0.15, 0.2) is 16.3 Å². The van der Waals surface area contributed by atoms with E-state index in [0.29, 0.717) is 23.3 Å². The molecule has 1 fully saturated rings. The molecule has 22 heavy (non-hydrogen) atoms. The SMILES string of the molecule is CCN1CCC[C@H]1CNS(=O)(=O)c1ccc(CNC(C)=O)s1. The van der Waals surface area contributed by atoms with Crippen molar-refractivity contribution in [1.82, 2.24) is 14.9 Å². The number of sulfonamides is 1. The normalized spacial score (nSPS) is 19.5. The minimum atomic E-state index is -3.47. The molecule has 124 valence electrons. The van der Waals surface area contributed by atoms with Gasteiger partial charge in [0.15, 0.2) is 0 Å². The summed E-state index contributed by atoms with van der Waals surface area (Å²) in [7, 11) is -3.47. The van der Waals surface area contributed by atoms with E-state index in [0.717, 1.165) is 30.8 Å². The third kappa shape index (κ3) is 4.52. The van der Waals surface area contributed by atoms with Crippen LogP contribution in [0.3, 0.4) is 0 Å². The van der Waals surface area contributed by atoms with E-state index in [1.165, 1.54) is 18.3 Å². The van der Waals surface area contributed by atoms with Crippen LogP contribution in [0.5, 0.6) is 0 Å². The van der Waals surface area contributed by atoms with Crippen LogP contribution in [0, 0.1) is 0 Å². The largest absolute Gasteiger partial charge is 0.351 e. The van der Waals surface area contributed by atoms with Gasteiger partial charge in [0.25, 0.3) is 0 Å². The Morgan fingerprint density at radius 2 is 2.23 bits per heavy atom. The average molecular weight is 345 g/mol. The van der Waals surface area contributed by atoms with Crippen LogP contribution in [0.2, 0.25) is 0 Å². The highest BCUT2D eigenvalue weighted by molar-refractivity contribution is 7.91. The maximum absolute atomic E-state index is 12.3. The summed E-state index contributed by atoms with van der Waals surface area (Å²) in [5, 5.41) is 2.67. The van der Waals surface area contributed by atoms with Crippen molar-refractivity contribution in [2.75, 3.05) is 19.6 Å². The molecule has 8 heteroatoms. The van der Waals surface area contributed by atoms with Crippen molar-refractivity contribution >= 4 is 27.3 Å². The lowest BCUT2D eigenvalue weighted by atomic mass is 10.2. The molecule has 0 unspecified atom stereocenters. The van der Waals surface area contributed by atoms with Crippen LogP contribution >= 0.6 is 11.3 Å². The summed E-state index contributed by atoms with van der Waals surface area (Å²) in [5.41, 5.74) is 0. The Morgan fingerprint density at radius 1 is 1.45 bits per heavy atom. The molecule has 1 saturated heterocycles. The number of likely N-dealkylation sites (N-methyl/N-ethyl adjacent to an activating group) is 1. The van der Waals surface area contributed by atoms with E-state index in [1.807, 2.05) is 0 Å². The van der Waals surface area contributed by atoms with Gasteiger partial charge in [-0.25, -0.2) is 13.1 Å². The van der Waals surface area contributed by atoms with E-state index in [-0.39, 0.29) is 5.91 Å². The second kappa shape index (κ2) is 7.54. The first kappa shape index (κ1) is 17.4. The predicted octanol–water partition coefficient (Wildman–Crippen LogP) is 1.15. The molecule has 1 atom stereocenters. The van der Waals surface area contributed by atoms with E-state index in [2.05, 4.69) is 21.9 Å². The molecule has 1 aromatic rings. The zero-order valence-corrected chi connectivity index (χ0v) is 14.6. The molecule has 2 N–H and O–H groups in total. The number of carbonyl (C=O) groups is 1. The van der Waals surface area contributed by atoms with Crippen LogP contribution < -0.4 is 10.0 Å². The molecule has 0 aromatic carbocycles. The maximum atomic E-state index is 12.3. The summed E-state index contributed by atoms with van der Waals surface area (Å²) in [5.74, 6) is -0.128. The van der Waals surface area contributed by atoms with Crippen molar-refractivity contribution in [3.63, 3.8) is 0 Å². The number of thiophene rings is 1. The minimum Gasteiger partial charge on any atom is -0.351 e. The molecule has 1 aliphatic heterocycles. The Kier molecular flexibility index (Phi) is 5.96. The summed E-state index contributed by atoms with van der Waals surface area (Å²) in [4.78, 5) is 14.0. The van der Waals surface area contributed by atoms with Crippen molar-refractivity contribution in [1.29, 1.82) is 0 Å². The lowest BCUT2D eigenvalue weighted by Crippen LogP contribution is -2.39. The molecule has 0 radical (unpaired) electrons. The number of likely N-dealkylation sites (tertiary alicyclic amines) is 1. The summed E-state index contributed by atoms with van der Waals surface area (Å²) >= 11 is 1.19. The molecule has 1 aromatic heterocycles. The van der Waals surface area contributed by atoms with Crippen molar-refractivity contribution in [3.05, 3.63) is 17.0 Å². The Morgan fingerprint density at radius 3 is 2.91 bits per heavy atom. The van der Waals surface area contributed by atoms with E-state index in [1.54, 1.807) is 12.1 Å². The van der Waals surface area contributed by atoms with Gasteiger partial charge in [-0.1, -0.05) is 6.92 Å². The highest BCUT2D eigenvalue weighted by Gasteiger charge is 2.25. The molecule has 0 bridgehead atoms. The zero-order chi connectivity index (χ0) is 16.2. The highest BCUT2D eigenvalue weighted by atomic mass is 32.2. The van der Waals surface area contributed by atoms with Gasteiger partial charge >= 0.3 is 0 Å². The second-order valence-electron chi connectivity index (χ2n) is 5.41. The second-order valence-corrected chi connectivity index (χ2v) is 8.57. The fraction of sp³-hybridized carbons (Fsp3) is 0.643. The van der Waals surface area contributed by atoms with Gasteiger partial charge in [-0.3, -0.25) is 9.69 Å². The smallest absolute Gasteiger partial charge is 0.250 e. The van der Waals surface area contributed by atoms with Gasteiger partial charge in [-0.05, 0) is 38.1 Å². The Labute approximate surface area is 135 Å². The quantitative estimate of drug-likeness (QED) is 0.777. The topological polar surface area (TPSA) is 78.5 Å². The molecular weight excluding hydrogens is 322 g/mol. The maximum Gasteiger partial charge on any atom is 0.250 e. The first-order valence-corrected chi connectivity index (χ1v) is 9.79. The number of carbonyl (C=O) groups excluding carboxylic acids is 1. The van der Waals surface area contributed by atoms with Crippen LogP contribution in [0.4, 0.5) is 0 Å². The number of hydrogen-bond acceptors (Lipinski definition) is 5. The van der Waals surface area contributed by atoms with Crippen molar-refractivity contribution in [3.8, 4) is 0 Å². The summed E-state index contributed by atoms with van der Waals surface area (Å²) in [6.07, 6.45) is 2.16. The van der Waals surface area contributed by atoms with Gasteiger partial charge < -0.3 is 5.32 Å². The molecule has 2 rings (SSSR count). The van der Waals surface area contributed by atoms with Gasteiger partial charge in [-0.2, -0.15) is 0 Å². The molecule has 0 spiro atoms. The van der Waals surface area contributed by atoms with Crippen LogP contribution in [-0.4, -0.2) is 44.9 Å². The van der Waals surface area contributed by atoms with Crippen LogP contribution in [-0.2, 0) is 21.4 Å². The lowest BCUT2D eigenvalue weighted by molar-refractivity contribution is -0.119. The fourth-order valence-electron chi connectivity index (χ4n) is 2.63. The number of rotatable bonds is 7. The predicted molar refractivity (Wildman–Crippen MR) is 87.3 cm³/mol. The summed E-state index contributed by atoms with van der Waals surface area (Å²) in [6.45, 7) is 6.35. The Hall–Kier alpha value is -0.960. The number of amides is 1. The van der Waals surface area contributed by atoms with Gasteiger partial charge in [0.1, 0.15) is 4.21 Å². The van der Waals surface area contributed by atoms with E-state index < -0.39 is 10.0 Å². The molecule has 1 aliphatic rings. The van der Waals surface area contributed by atoms with Crippen molar-refractivity contribution < 1.29 is 13.2 Å². The molecule has 6 nitrogen and oxygen atoms in total. The average Bonchev–Trinajstić information content (AvgIpc) is 3.12. The minimum absolute atomic E-state index is 0.128. The molecular formula is C14H23N3O3S2. The molecule has 0 aliphatic carbocycles. The zero-order valence-electron chi connectivity index (χ0n) is 13.0. The Balaban J connectivity index is 1.94. The third-order valence-corrected chi connectivity index (χ3v) is 6.83. The number of nitrogens with one attached hydrogen (secondary N) is 2. The number of hydrogen-bond donors (Lipinski definition) is 2. The van der Waals surface area contributed by atoms with Crippen LogP contribution in [0.25, 0.3) is 0 Å². The van der Waals surface area contributed by atoms with E-state index >= 15 is 0 Å². The van der Waals surface area contributed by atoms with Crippen molar-refractivity contribution in [2.24, 2.45) is 0 Å². The molecule has 1 amide bonds. The standard InChI is InChI=1S/C14H23N3O3S2/c1-3-17-8-4-5-12(17)9-16-22(19,20)14-7-6-13(21-14)10-15-11(2)18/h6-7,12,16H,3-5,8-10H2,1-2H3,(H,15,18)/t12-/m0/s1. The summed E-state index contributed by atoms with van der Waals surface area (Å²) in [6, 6.07) is 3.62. The molecule has 0 saturated carbocycles. The lowest BCUT2D eigenvalue weighted by Gasteiger charge is -2.22. The van der Waals surface area contributed by atoms with Gasteiger partial charge in [0.05, 0.1) is 6.54 Å². The van der Waals surface area contributed by atoms with Gasteiger partial charge in [-0.15, -0.1) is 11.3 Å². The third-order valence-electron chi connectivity index (χ3n) is 3.83. The number of nitrogens with zero attached hydrogens (tertiary/aromatic N) is 1. The van der Waals surface area contributed by atoms with Gasteiger partial charge in [0, 0.05) is 24.4 Å². The fourth-order valence-corrected chi connectivity index (χ4v) is 5.04. The molecule has 2 heterocycles. The monoisotopic (exact) mass is 345 g/mol. The highest BCUT2D eigenvalue weighted by Crippen LogP contribution is 2.22. The first-order chi connectivity index (χ1) is 10.4. The Bertz CT molecular complexity index is 613. The van der Waals surface area contributed by atoms with E-state index in [4.69, 9.17) is 0 Å². The van der Waals surface area contributed by atoms with E-state index in [9.17, 15) is 13.2 Å².